The number of rotatable bonds is 3. The molecule has 3 nitrogen and oxygen atoms in total. The van der Waals surface area contributed by atoms with Crippen LogP contribution in [-0.2, 0) is 4.79 Å². The van der Waals surface area contributed by atoms with Crippen LogP contribution in [0.1, 0.15) is 29.6 Å². The molecule has 0 spiro atoms. The highest BCUT2D eigenvalue weighted by molar-refractivity contribution is 9.10. The van der Waals surface area contributed by atoms with E-state index in [9.17, 15) is 9.59 Å². The number of hydrogen-bond donors (Lipinski definition) is 1. The van der Waals surface area contributed by atoms with Crippen molar-refractivity contribution in [3.8, 4) is 0 Å². The highest BCUT2D eigenvalue weighted by atomic mass is 79.9. The zero-order valence-corrected chi connectivity index (χ0v) is 10.3. The molecule has 1 N–H and O–H groups in total. The highest BCUT2D eigenvalue weighted by Gasteiger charge is 2.24. The van der Waals surface area contributed by atoms with Crippen molar-refractivity contribution in [3.05, 3.63) is 34.3 Å². The Hall–Kier alpha value is -1.16. The van der Waals surface area contributed by atoms with Gasteiger partial charge in [-0.15, -0.1) is 0 Å². The molecule has 1 aliphatic rings. The summed E-state index contributed by atoms with van der Waals surface area (Å²) in [6, 6.07) is 7.15. The first-order valence-corrected chi connectivity index (χ1v) is 6.07. The average molecular weight is 282 g/mol. The number of nitrogens with one attached hydrogen (secondary N) is 1. The second-order valence-corrected chi connectivity index (χ2v) is 4.76. The third kappa shape index (κ3) is 2.32. The summed E-state index contributed by atoms with van der Waals surface area (Å²) < 4.78 is 0.656. The quantitative estimate of drug-likeness (QED) is 0.683. The maximum atomic E-state index is 11.8. The van der Waals surface area contributed by atoms with Gasteiger partial charge in [0.25, 0.3) is 11.7 Å². The zero-order chi connectivity index (χ0) is 11.5. The van der Waals surface area contributed by atoms with E-state index >= 15 is 0 Å². The SMILES string of the molecule is O=C(NC1CCC1)C(=O)c1ccccc1Br. The first-order valence-electron chi connectivity index (χ1n) is 5.28. The Labute approximate surface area is 102 Å². The van der Waals surface area contributed by atoms with E-state index in [1.165, 1.54) is 0 Å². The van der Waals surface area contributed by atoms with Crippen molar-refractivity contribution in [2.75, 3.05) is 0 Å². The van der Waals surface area contributed by atoms with Gasteiger partial charge in [-0.3, -0.25) is 9.59 Å². The Balaban J connectivity index is 2.06. The molecule has 1 aliphatic carbocycles. The first kappa shape index (κ1) is 11.3. The van der Waals surface area contributed by atoms with Crippen molar-refractivity contribution < 1.29 is 9.59 Å². The third-order valence-corrected chi connectivity index (χ3v) is 3.46. The topological polar surface area (TPSA) is 46.2 Å². The molecule has 4 heteroatoms. The van der Waals surface area contributed by atoms with Gasteiger partial charge in [0.2, 0.25) is 0 Å². The Morgan fingerprint density at radius 3 is 2.50 bits per heavy atom. The van der Waals surface area contributed by atoms with E-state index in [1.54, 1.807) is 18.2 Å². The minimum Gasteiger partial charge on any atom is -0.346 e. The van der Waals surface area contributed by atoms with Crippen molar-refractivity contribution in [2.45, 2.75) is 25.3 Å². The molecule has 0 saturated heterocycles. The highest BCUT2D eigenvalue weighted by Crippen LogP contribution is 2.19. The van der Waals surface area contributed by atoms with Crippen LogP contribution in [0.15, 0.2) is 28.7 Å². The molecule has 0 radical (unpaired) electrons. The lowest BCUT2D eigenvalue weighted by Gasteiger charge is -2.25. The number of halogens is 1. The fraction of sp³-hybridized carbons (Fsp3) is 0.333. The summed E-state index contributed by atoms with van der Waals surface area (Å²) in [5.74, 6) is -0.976. The minimum atomic E-state index is -0.503. The van der Waals surface area contributed by atoms with Gasteiger partial charge in [-0.25, -0.2) is 0 Å². The predicted molar refractivity (Wildman–Crippen MR) is 64.3 cm³/mol. The number of carbonyl (C=O) groups excluding carboxylic acids is 2. The molecule has 1 aromatic rings. The van der Waals surface area contributed by atoms with Gasteiger partial charge in [0.05, 0.1) is 0 Å². The molecule has 0 atom stereocenters. The van der Waals surface area contributed by atoms with Crippen LogP contribution in [0.3, 0.4) is 0 Å². The third-order valence-electron chi connectivity index (χ3n) is 2.77. The van der Waals surface area contributed by atoms with Crippen LogP contribution >= 0.6 is 15.9 Å². The molecule has 0 aliphatic heterocycles. The standard InChI is InChI=1S/C12H12BrNO2/c13-10-7-2-1-6-9(10)11(15)12(16)14-8-4-3-5-8/h1-2,6-8H,3-5H2,(H,14,16). The molecule has 1 amide bonds. The molecule has 0 bridgehead atoms. The molecule has 0 unspecified atom stereocenters. The van der Waals surface area contributed by atoms with E-state index in [2.05, 4.69) is 21.2 Å². The van der Waals surface area contributed by atoms with E-state index in [-0.39, 0.29) is 6.04 Å². The van der Waals surface area contributed by atoms with Gasteiger partial charge >= 0.3 is 0 Å². The van der Waals surface area contributed by atoms with Crippen molar-refractivity contribution in [1.82, 2.24) is 5.32 Å². The lowest BCUT2D eigenvalue weighted by atomic mass is 9.93. The normalized spacial score (nSPS) is 15.3. The van der Waals surface area contributed by atoms with Crippen LogP contribution in [0.25, 0.3) is 0 Å². The van der Waals surface area contributed by atoms with Crippen LogP contribution in [0.4, 0.5) is 0 Å². The van der Waals surface area contributed by atoms with Crippen LogP contribution in [0.2, 0.25) is 0 Å². The van der Waals surface area contributed by atoms with Crippen molar-refractivity contribution >= 4 is 27.6 Å². The molecule has 0 aromatic heterocycles. The number of carbonyl (C=O) groups is 2. The number of benzene rings is 1. The Kier molecular flexibility index (Phi) is 3.39. The summed E-state index contributed by atoms with van der Waals surface area (Å²) in [5.41, 5.74) is 0.416. The van der Waals surface area contributed by atoms with Gasteiger partial charge in [0, 0.05) is 16.1 Å². The van der Waals surface area contributed by atoms with E-state index < -0.39 is 11.7 Å². The summed E-state index contributed by atoms with van der Waals surface area (Å²) in [7, 11) is 0. The average Bonchev–Trinajstić information content (AvgIpc) is 2.23. The largest absolute Gasteiger partial charge is 0.346 e. The zero-order valence-electron chi connectivity index (χ0n) is 8.70. The lowest BCUT2D eigenvalue weighted by Crippen LogP contribution is -2.43. The smallest absolute Gasteiger partial charge is 0.292 e. The first-order chi connectivity index (χ1) is 7.68. The molecular weight excluding hydrogens is 270 g/mol. The van der Waals surface area contributed by atoms with E-state index in [4.69, 9.17) is 0 Å². The number of amides is 1. The number of Topliss-reactive ketones (excluding diaryl/α,β-unsaturated/α-hetero) is 1. The molecular formula is C12H12BrNO2. The predicted octanol–water partition coefficient (Wildman–Crippen LogP) is 2.30. The van der Waals surface area contributed by atoms with E-state index in [0.717, 1.165) is 19.3 Å². The lowest BCUT2D eigenvalue weighted by molar-refractivity contribution is -0.118. The molecule has 0 heterocycles. The fourth-order valence-corrected chi connectivity index (χ4v) is 2.04. The fourth-order valence-electron chi connectivity index (χ4n) is 1.57. The van der Waals surface area contributed by atoms with Gasteiger partial charge in [0.15, 0.2) is 0 Å². The summed E-state index contributed by atoms with van der Waals surface area (Å²) in [6.07, 6.45) is 3.10. The second-order valence-electron chi connectivity index (χ2n) is 3.91. The van der Waals surface area contributed by atoms with Crippen LogP contribution in [0.5, 0.6) is 0 Å². The van der Waals surface area contributed by atoms with E-state index in [1.807, 2.05) is 6.07 Å². The molecule has 16 heavy (non-hydrogen) atoms. The monoisotopic (exact) mass is 281 g/mol. The van der Waals surface area contributed by atoms with Crippen LogP contribution in [-0.4, -0.2) is 17.7 Å². The number of hydrogen-bond acceptors (Lipinski definition) is 2. The van der Waals surface area contributed by atoms with Gasteiger partial charge in [-0.1, -0.05) is 28.1 Å². The Morgan fingerprint density at radius 1 is 1.25 bits per heavy atom. The molecule has 2 rings (SSSR count). The number of ketones is 1. The van der Waals surface area contributed by atoms with Gasteiger partial charge in [-0.2, -0.15) is 0 Å². The van der Waals surface area contributed by atoms with Crippen molar-refractivity contribution in [2.24, 2.45) is 0 Å². The van der Waals surface area contributed by atoms with Crippen LogP contribution in [0, 0.1) is 0 Å². The maximum Gasteiger partial charge on any atom is 0.292 e. The van der Waals surface area contributed by atoms with E-state index in [0.29, 0.717) is 10.0 Å². The summed E-state index contributed by atoms with van der Waals surface area (Å²) in [5, 5.41) is 2.73. The van der Waals surface area contributed by atoms with Gasteiger partial charge in [0.1, 0.15) is 0 Å². The summed E-state index contributed by atoms with van der Waals surface area (Å²) >= 11 is 3.26. The Morgan fingerprint density at radius 2 is 1.94 bits per heavy atom. The second kappa shape index (κ2) is 4.78. The van der Waals surface area contributed by atoms with Crippen LogP contribution < -0.4 is 5.32 Å². The molecule has 1 aromatic carbocycles. The maximum absolute atomic E-state index is 11.8. The van der Waals surface area contributed by atoms with Gasteiger partial charge in [-0.05, 0) is 31.4 Å². The molecule has 1 fully saturated rings. The minimum absolute atomic E-state index is 0.193. The Bertz CT molecular complexity index is 427. The van der Waals surface area contributed by atoms with Gasteiger partial charge < -0.3 is 5.32 Å². The summed E-state index contributed by atoms with van der Waals surface area (Å²) in [6.45, 7) is 0. The van der Waals surface area contributed by atoms with Crippen molar-refractivity contribution in [1.29, 1.82) is 0 Å². The summed E-state index contributed by atoms with van der Waals surface area (Å²) in [4.78, 5) is 23.4. The molecule has 1 saturated carbocycles. The molecule has 84 valence electrons. The van der Waals surface area contributed by atoms with Crippen molar-refractivity contribution in [3.63, 3.8) is 0 Å².